The van der Waals surface area contributed by atoms with E-state index in [1.165, 1.54) is 0 Å². The molecule has 4 radical (unpaired) electrons. The molecule has 0 aromatic rings. The van der Waals surface area contributed by atoms with Crippen LogP contribution in [0.1, 0.15) is 0 Å². The molecule has 0 rings (SSSR count). The van der Waals surface area contributed by atoms with Crippen molar-refractivity contribution in [2.24, 2.45) is 0 Å². The summed E-state index contributed by atoms with van der Waals surface area (Å²) in [6, 6.07) is 0. The van der Waals surface area contributed by atoms with Crippen molar-refractivity contribution in [1.82, 2.24) is 0 Å². The Labute approximate surface area is 58.6 Å². The second-order valence-electron chi connectivity index (χ2n) is 0.247. The number of hydrogen-bond acceptors (Lipinski definition) is 0. The van der Waals surface area contributed by atoms with Gasteiger partial charge in [0, 0.05) is 38.0 Å². The van der Waals surface area contributed by atoms with E-state index in [9.17, 15) is 12.9 Å². The van der Waals surface area contributed by atoms with Gasteiger partial charge < -0.3 is 0 Å². The minimum absolute atomic E-state index is 0. The Morgan fingerprint density at radius 1 is 1.00 bits per heavy atom. The fourth-order valence-corrected chi connectivity index (χ4v) is 0. The van der Waals surface area contributed by atoms with Crippen molar-refractivity contribution in [3.05, 3.63) is 0 Å². The summed E-state index contributed by atoms with van der Waals surface area (Å²) >= 11 is 0. The second kappa shape index (κ2) is 9.33. The van der Waals surface area contributed by atoms with E-state index < -0.39 is 7.54 Å². The summed E-state index contributed by atoms with van der Waals surface area (Å²) in [5, 5.41) is 0. The molecule has 0 aliphatic heterocycles. The first kappa shape index (κ1) is 15.8. The average molecular weight is 102 g/mol. The molecule has 0 aliphatic rings. The maximum Gasteiger partial charge on any atom is 0.762 e. The number of halogens is 3. The topological polar surface area (TPSA) is 0 Å². The van der Waals surface area contributed by atoms with Crippen LogP contribution < -0.4 is 0 Å². The molecule has 0 aliphatic carbocycles. The molecule has 0 bridgehead atoms. The Morgan fingerprint density at radius 2 is 1.00 bits per heavy atom. The van der Waals surface area contributed by atoms with Gasteiger partial charge in [-0.1, -0.05) is 0 Å². The van der Waals surface area contributed by atoms with Crippen molar-refractivity contribution >= 4 is 45.5 Å². The summed E-state index contributed by atoms with van der Waals surface area (Å²) in [4.78, 5) is 0. The van der Waals surface area contributed by atoms with E-state index in [2.05, 4.69) is 0 Å². The van der Waals surface area contributed by atoms with Crippen LogP contribution in [0.2, 0.25) is 0 Å². The van der Waals surface area contributed by atoms with Crippen LogP contribution in [-0.2, 0) is 0 Å². The third-order valence-electron chi connectivity index (χ3n) is 0. The molecule has 0 N–H and O–H groups in total. The van der Waals surface area contributed by atoms with Crippen LogP contribution >= 0.6 is 0 Å². The zero-order valence-electron chi connectivity index (χ0n) is 3.29. The molecule has 0 unspecified atom stereocenters. The maximum absolute atomic E-state index is 9.67. The number of hydrogen-bond donors (Lipinski definition) is 0. The van der Waals surface area contributed by atoms with E-state index in [-0.39, 0.29) is 38.0 Å². The molecule has 0 fully saturated rings. The van der Waals surface area contributed by atoms with E-state index in [4.69, 9.17) is 0 Å². The average Bonchev–Trinajstić information content (AvgIpc) is 0.811. The van der Waals surface area contributed by atoms with Crippen molar-refractivity contribution in [2.45, 2.75) is 0 Å². The van der Waals surface area contributed by atoms with Crippen molar-refractivity contribution in [1.29, 1.82) is 0 Å². The molecule has 0 saturated heterocycles. The van der Waals surface area contributed by atoms with Gasteiger partial charge in [-0.3, -0.25) is 12.9 Å². The SMILES string of the molecule is FB(F)F.[B].[Na]. The van der Waals surface area contributed by atoms with Crippen LogP contribution in [0.4, 0.5) is 12.9 Å². The van der Waals surface area contributed by atoms with E-state index in [1.54, 1.807) is 0 Å². The summed E-state index contributed by atoms with van der Waals surface area (Å²) in [5.41, 5.74) is 0. The fourth-order valence-electron chi connectivity index (χ4n) is 0. The van der Waals surface area contributed by atoms with E-state index in [0.717, 1.165) is 0 Å². The molecule has 0 aromatic carbocycles. The van der Waals surface area contributed by atoms with Gasteiger partial charge in [-0.15, -0.1) is 0 Å². The zero-order chi connectivity index (χ0) is 3.58. The smallest absolute Gasteiger partial charge is 0.254 e. The van der Waals surface area contributed by atoms with Gasteiger partial charge in [0.15, 0.2) is 0 Å². The molecular weight excluding hydrogens is 102 g/mol. The van der Waals surface area contributed by atoms with Gasteiger partial charge in [0.25, 0.3) is 0 Å². The van der Waals surface area contributed by atoms with Crippen LogP contribution in [0.15, 0.2) is 0 Å². The predicted molar refractivity (Wildman–Crippen MR) is 20.6 cm³/mol. The molecule has 0 nitrogen and oxygen atoms in total. The molecule has 6 heavy (non-hydrogen) atoms. The first-order valence-corrected chi connectivity index (χ1v) is 0.655. The summed E-state index contributed by atoms with van der Waals surface area (Å²) in [6.45, 7) is 0. The Hall–Kier alpha value is 0.920. The molecule has 28 valence electrons. The van der Waals surface area contributed by atoms with Gasteiger partial charge in [0.1, 0.15) is 0 Å². The van der Waals surface area contributed by atoms with E-state index in [0.29, 0.717) is 0 Å². The molecule has 0 aromatic heterocycles. The van der Waals surface area contributed by atoms with E-state index in [1.807, 2.05) is 0 Å². The fraction of sp³-hybridized carbons (Fsp3) is 0. The third-order valence-corrected chi connectivity index (χ3v) is 0. The van der Waals surface area contributed by atoms with Gasteiger partial charge in [0.2, 0.25) is 0 Å². The van der Waals surface area contributed by atoms with E-state index >= 15 is 0 Å². The zero-order valence-corrected chi connectivity index (χ0v) is 5.29. The summed E-state index contributed by atoms with van der Waals surface area (Å²) in [6.07, 6.45) is 0. The molecular formula is B2F3Na. The molecule has 6 heteroatoms. The van der Waals surface area contributed by atoms with Crippen molar-refractivity contribution < 1.29 is 12.9 Å². The quantitative estimate of drug-likeness (QED) is 0.380. The minimum atomic E-state index is -3.67. The summed E-state index contributed by atoms with van der Waals surface area (Å²) < 4.78 is 29.0. The van der Waals surface area contributed by atoms with Gasteiger partial charge >= 0.3 is 7.54 Å². The normalized spacial score (nSPS) is 4.50. The molecule has 0 saturated carbocycles. The van der Waals surface area contributed by atoms with Crippen molar-refractivity contribution in [3.8, 4) is 0 Å². The minimum Gasteiger partial charge on any atom is -0.254 e. The Balaban J connectivity index is -0.0000000450. The largest absolute Gasteiger partial charge is 0.762 e. The molecule has 0 amide bonds. The van der Waals surface area contributed by atoms with Crippen LogP contribution in [0.3, 0.4) is 0 Å². The Bertz CT molecular complexity index is 13.5. The first-order valence-electron chi connectivity index (χ1n) is 0.655. The van der Waals surface area contributed by atoms with Crippen LogP contribution in [0, 0.1) is 0 Å². The van der Waals surface area contributed by atoms with Crippen molar-refractivity contribution in [2.75, 3.05) is 0 Å². The summed E-state index contributed by atoms with van der Waals surface area (Å²) in [5.74, 6) is 0. The Kier molecular flexibility index (Phi) is 24.5. The molecule has 0 atom stereocenters. The predicted octanol–water partition coefficient (Wildman–Crippen LogP) is 0.118. The maximum atomic E-state index is 9.67. The van der Waals surface area contributed by atoms with Gasteiger partial charge in [-0.25, -0.2) is 0 Å². The second-order valence-corrected chi connectivity index (χ2v) is 0.247. The third kappa shape index (κ3) is 89.3. The van der Waals surface area contributed by atoms with Crippen LogP contribution in [0.5, 0.6) is 0 Å². The summed E-state index contributed by atoms with van der Waals surface area (Å²) in [7, 11) is -3.67. The van der Waals surface area contributed by atoms with Gasteiger partial charge in [-0.2, -0.15) is 0 Å². The van der Waals surface area contributed by atoms with Crippen LogP contribution in [0.25, 0.3) is 0 Å². The van der Waals surface area contributed by atoms with Crippen LogP contribution in [-0.4, -0.2) is 45.5 Å². The molecule has 0 spiro atoms. The standard InChI is InChI=1S/BF3.B.Na/c2-1(3)4;;. The van der Waals surface area contributed by atoms with Gasteiger partial charge in [0.05, 0.1) is 0 Å². The first-order chi connectivity index (χ1) is 1.73. The molecule has 0 heterocycles. The monoisotopic (exact) mass is 102 g/mol. The number of rotatable bonds is 0. The Morgan fingerprint density at radius 3 is 1.00 bits per heavy atom. The van der Waals surface area contributed by atoms with Crippen molar-refractivity contribution in [3.63, 3.8) is 0 Å². The van der Waals surface area contributed by atoms with Gasteiger partial charge in [-0.05, 0) is 0 Å².